The van der Waals surface area contributed by atoms with Crippen LogP contribution in [-0.2, 0) is 0 Å². The number of halogens is 3. The van der Waals surface area contributed by atoms with Gasteiger partial charge in [0.25, 0.3) is 0 Å². The summed E-state index contributed by atoms with van der Waals surface area (Å²) in [6.07, 6.45) is -2.97. The molecule has 0 aromatic rings. The maximum Gasteiger partial charge on any atom is 0.401 e. The Balaban J connectivity index is 2.20. The molecule has 0 aromatic heterocycles. The summed E-state index contributed by atoms with van der Waals surface area (Å²) >= 11 is 1.91. The highest BCUT2D eigenvalue weighted by atomic mass is 32.2. The molecule has 96 valence electrons. The molecular weight excluding hydrogens is 237 g/mol. The second kappa shape index (κ2) is 6.12. The Labute approximate surface area is 98.9 Å². The maximum atomic E-state index is 11.9. The molecule has 1 rings (SSSR count). The van der Waals surface area contributed by atoms with E-state index in [1.807, 2.05) is 25.7 Å². The van der Waals surface area contributed by atoms with Crippen molar-refractivity contribution in [2.24, 2.45) is 0 Å². The molecule has 2 unspecified atom stereocenters. The zero-order valence-electron chi connectivity index (χ0n) is 9.68. The Bertz CT molecular complexity index is 205. The summed E-state index contributed by atoms with van der Waals surface area (Å²) in [5, 5.41) is 2.46. The molecule has 1 aliphatic heterocycles. The van der Waals surface area contributed by atoms with Gasteiger partial charge in [0.15, 0.2) is 0 Å². The minimum absolute atomic E-state index is 0.144. The Kier molecular flexibility index (Phi) is 5.40. The lowest BCUT2D eigenvalue weighted by atomic mass is 10.2. The summed E-state index contributed by atoms with van der Waals surface area (Å²) in [4.78, 5) is 2.18. The van der Waals surface area contributed by atoms with Crippen LogP contribution in [0.3, 0.4) is 0 Å². The van der Waals surface area contributed by atoms with Gasteiger partial charge >= 0.3 is 6.18 Å². The Morgan fingerprint density at radius 3 is 2.69 bits per heavy atom. The predicted molar refractivity (Wildman–Crippen MR) is 61.9 cm³/mol. The van der Waals surface area contributed by atoms with E-state index in [2.05, 4.69) is 10.2 Å². The van der Waals surface area contributed by atoms with Gasteiger partial charge in [-0.15, -0.1) is 0 Å². The minimum Gasteiger partial charge on any atom is -0.307 e. The van der Waals surface area contributed by atoms with Crippen molar-refractivity contribution in [3.8, 4) is 0 Å². The molecule has 2 nitrogen and oxygen atoms in total. The number of thioether (sulfide) groups is 1. The van der Waals surface area contributed by atoms with Gasteiger partial charge in [0.05, 0.1) is 6.54 Å². The molecule has 1 saturated heterocycles. The third-order valence-corrected chi connectivity index (χ3v) is 4.09. The van der Waals surface area contributed by atoms with E-state index in [-0.39, 0.29) is 6.04 Å². The van der Waals surface area contributed by atoms with Crippen molar-refractivity contribution in [2.75, 3.05) is 31.6 Å². The molecule has 0 bridgehead atoms. The van der Waals surface area contributed by atoms with Gasteiger partial charge in [0.2, 0.25) is 0 Å². The van der Waals surface area contributed by atoms with Crippen LogP contribution in [0, 0.1) is 0 Å². The second-order valence-corrected chi connectivity index (χ2v) is 5.43. The first-order valence-electron chi connectivity index (χ1n) is 5.47. The number of hydrogen-bond acceptors (Lipinski definition) is 3. The normalized spacial score (nSPS) is 24.0. The van der Waals surface area contributed by atoms with Crippen molar-refractivity contribution >= 4 is 11.8 Å². The first-order chi connectivity index (χ1) is 7.40. The van der Waals surface area contributed by atoms with Crippen molar-refractivity contribution in [1.29, 1.82) is 0 Å². The molecule has 1 fully saturated rings. The third kappa shape index (κ3) is 4.93. The molecule has 1 N–H and O–H groups in total. The first kappa shape index (κ1) is 14.1. The van der Waals surface area contributed by atoms with E-state index < -0.39 is 12.7 Å². The largest absolute Gasteiger partial charge is 0.401 e. The van der Waals surface area contributed by atoms with E-state index in [4.69, 9.17) is 0 Å². The van der Waals surface area contributed by atoms with Crippen LogP contribution in [0.25, 0.3) is 0 Å². The van der Waals surface area contributed by atoms with Crippen LogP contribution in [0.2, 0.25) is 0 Å². The van der Waals surface area contributed by atoms with Gasteiger partial charge in [-0.05, 0) is 26.1 Å². The standard InChI is InChI=1S/C10H19F3N2S/c1-8(5-14-7-10(11,12)13)15(2)9-3-4-16-6-9/h8-9,14H,3-7H2,1-2H3. The van der Waals surface area contributed by atoms with Crippen molar-refractivity contribution in [3.63, 3.8) is 0 Å². The van der Waals surface area contributed by atoms with Gasteiger partial charge in [-0.25, -0.2) is 0 Å². The van der Waals surface area contributed by atoms with Crippen LogP contribution in [0.15, 0.2) is 0 Å². The number of nitrogens with one attached hydrogen (secondary N) is 1. The zero-order chi connectivity index (χ0) is 12.2. The molecule has 1 heterocycles. The van der Waals surface area contributed by atoms with Crippen molar-refractivity contribution in [3.05, 3.63) is 0 Å². The number of nitrogens with zero attached hydrogens (tertiary/aromatic N) is 1. The highest BCUT2D eigenvalue weighted by Crippen LogP contribution is 2.22. The van der Waals surface area contributed by atoms with Gasteiger partial charge in [0.1, 0.15) is 0 Å². The number of likely N-dealkylation sites (N-methyl/N-ethyl adjacent to an activating group) is 1. The van der Waals surface area contributed by atoms with Crippen LogP contribution in [0.1, 0.15) is 13.3 Å². The molecule has 0 aliphatic carbocycles. The third-order valence-electron chi connectivity index (χ3n) is 2.94. The van der Waals surface area contributed by atoms with Crippen molar-refractivity contribution in [1.82, 2.24) is 10.2 Å². The Hall–Kier alpha value is 0.0600. The van der Waals surface area contributed by atoms with E-state index in [0.717, 1.165) is 17.9 Å². The fourth-order valence-electron chi connectivity index (χ4n) is 1.77. The molecule has 0 amide bonds. The molecule has 0 spiro atoms. The van der Waals surface area contributed by atoms with Crippen molar-refractivity contribution < 1.29 is 13.2 Å². The summed E-state index contributed by atoms with van der Waals surface area (Å²) in [5.41, 5.74) is 0. The maximum absolute atomic E-state index is 11.9. The van der Waals surface area contributed by atoms with Gasteiger partial charge in [-0.3, -0.25) is 4.90 Å². The fourth-order valence-corrected chi connectivity index (χ4v) is 3.05. The van der Waals surface area contributed by atoms with E-state index in [0.29, 0.717) is 12.6 Å². The Morgan fingerprint density at radius 1 is 1.50 bits per heavy atom. The lowest BCUT2D eigenvalue weighted by Crippen LogP contribution is -2.45. The summed E-state index contributed by atoms with van der Waals surface area (Å²) in [6, 6.07) is 0.665. The minimum atomic E-state index is -4.11. The van der Waals surface area contributed by atoms with Gasteiger partial charge in [-0.1, -0.05) is 0 Å². The molecule has 0 radical (unpaired) electrons. The summed E-state index contributed by atoms with van der Waals surface area (Å²) in [6.45, 7) is 1.45. The quantitative estimate of drug-likeness (QED) is 0.809. The molecule has 2 atom stereocenters. The molecule has 0 aromatic carbocycles. The fraction of sp³-hybridized carbons (Fsp3) is 1.00. The topological polar surface area (TPSA) is 15.3 Å². The van der Waals surface area contributed by atoms with Crippen molar-refractivity contribution in [2.45, 2.75) is 31.6 Å². The lowest BCUT2D eigenvalue weighted by Gasteiger charge is -2.30. The zero-order valence-corrected chi connectivity index (χ0v) is 10.5. The molecule has 1 aliphatic rings. The van der Waals surface area contributed by atoms with Gasteiger partial charge < -0.3 is 5.32 Å². The van der Waals surface area contributed by atoms with E-state index in [1.165, 1.54) is 0 Å². The molecular formula is C10H19F3N2S. The number of alkyl halides is 3. The second-order valence-electron chi connectivity index (χ2n) is 4.28. The average Bonchev–Trinajstić information content (AvgIpc) is 2.67. The van der Waals surface area contributed by atoms with E-state index in [1.54, 1.807) is 0 Å². The smallest absolute Gasteiger partial charge is 0.307 e. The molecule has 16 heavy (non-hydrogen) atoms. The van der Waals surface area contributed by atoms with Gasteiger partial charge in [0, 0.05) is 24.4 Å². The average molecular weight is 256 g/mol. The lowest BCUT2D eigenvalue weighted by molar-refractivity contribution is -0.125. The Morgan fingerprint density at radius 2 is 2.19 bits per heavy atom. The molecule has 0 saturated carbocycles. The monoisotopic (exact) mass is 256 g/mol. The SMILES string of the molecule is CC(CNCC(F)(F)F)N(C)C1CCSC1. The summed E-state index contributed by atoms with van der Waals surface area (Å²) < 4.78 is 35.8. The van der Waals surface area contributed by atoms with Crippen LogP contribution < -0.4 is 5.32 Å². The van der Waals surface area contributed by atoms with E-state index in [9.17, 15) is 13.2 Å². The highest BCUT2D eigenvalue weighted by molar-refractivity contribution is 7.99. The summed E-state index contributed by atoms with van der Waals surface area (Å²) in [7, 11) is 2.00. The van der Waals surface area contributed by atoms with Crippen LogP contribution >= 0.6 is 11.8 Å². The molecule has 6 heteroatoms. The summed E-state index contributed by atoms with van der Waals surface area (Å²) in [5.74, 6) is 2.26. The van der Waals surface area contributed by atoms with Crippen LogP contribution in [-0.4, -0.2) is 54.8 Å². The number of hydrogen-bond donors (Lipinski definition) is 1. The van der Waals surface area contributed by atoms with Crippen LogP contribution in [0.5, 0.6) is 0 Å². The number of rotatable bonds is 5. The van der Waals surface area contributed by atoms with Crippen LogP contribution in [0.4, 0.5) is 13.2 Å². The van der Waals surface area contributed by atoms with E-state index >= 15 is 0 Å². The first-order valence-corrected chi connectivity index (χ1v) is 6.63. The predicted octanol–water partition coefficient (Wildman–Crippen LogP) is 1.96. The highest BCUT2D eigenvalue weighted by Gasteiger charge is 2.28. The van der Waals surface area contributed by atoms with Gasteiger partial charge in [-0.2, -0.15) is 24.9 Å².